The molecular formula is C16H23N. The Morgan fingerprint density at radius 3 is 2.29 bits per heavy atom. The van der Waals surface area contributed by atoms with Gasteiger partial charge in [-0.3, -0.25) is 4.99 Å². The number of nitrogens with zero attached hydrogens (tertiary/aromatic N) is 1. The SMILES string of the molecule is CC#CC.CN=CC1=CC(C)(C)C=CC=C1C. The first kappa shape index (κ1) is 15.4. The Labute approximate surface area is 106 Å². The van der Waals surface area contributed by atoms with Crippen molar-refractivity contribution in [2.45, 2.75) is 34.6 Å². The predicted octanol–water partition coefficient (Wildman–Crippen LogP) is 4.19. The predicted molar refractivity (Wildman–Crippen MR) is 78.3 cm³/mol. The number of allylic oxidation sites excluding steroid dienone is 6. The molecule has 92 valence electrons. The normalized spacial score (nSPS) is 17.1. The molecule has 0 fully saturated rings. The summed E-state index contributed by atoms with van der Waals surface area (Å²) in [5, 5.41) is 0. The molecule has 0 spiro atoms. The van der Waals surface area contributed by atoms with E-state index in [2.05, 4.69) is 61.9 Å². The minimum Gasteiger partial charge on any atom is -0.296 e. The minimum atomic E-state index is 0.130. The van der Waals surface area contributed by atoms with Crippen molar-refractivity contribution < 1.29 is 0 Å². The van der Waals surface area contributed by atoms with Gasteiger partial charge in [0.15, 0.2) is 0 Å². The molecule has 1 aliphatic rings. The Morgan fingerprint density at radius 2 is 1.82 bits per heavy atom. The largest absolute Gasteiger partial charge is 0.296 e. The average molecular weight is 229 g/mol. The second-order valence-electron chi connectivity index (χ2n) is 4.52. The van der Waals surface area contributed by atoms with Crippen molar-refractivity contribution in [1.29, 1.82) is 0 Å². The molecule has 17 heavy (non-hydrogen) atoms. The lowest BCUT2D eigenvalue weighted by Gasteiger charge is -2.14. The first-order valence-electron chi connectivity index (χ1n) is 5.82. The second-order valence-corrected chi connectivity index (χ2v) is 4.52. The summed E-state index contributed by atoms with van der Waals surface area (Å²) in [6, 6.07) is 0. The Morgan fingerprint density at radius 1 is 1.24 bits per heavy atom. The van der Waals surface area contributed by atoms with Crippen molar-refractivity contribution in [2.75, 3.05) is 7.05 Å². The summed E-state index contributed by atoms with van der Waals surface area (Å²) in [5.41, 5.74) is 2.62. The molecule has 0 amide bonds. The van der Waals surface area contributed by atoms with Gasteiger partial charge in [-0.05, 0) is 31.9 Å². The van der Waals surface area contributed by atoms with Crippen LogP contribution in [0.1, 0.15) is 34.6 Å². The van der Waals surface area contributed by atoms with E-state index in [4.69, 9.17) is 0 Å². The van der Waals surface area contributed by atoms with Gasteiger partial charge in [-0.15, -0.1) is 11.8 Å². The van der Waals surface area contributed by atoms with Crippen LogP contribution in [0, 0.1) is 17.3 Å². The van der Waals surface area contributed by atoms with Gasteiger partial charge < -0.3 is 0 Å². The molecule has 0 unspecified atom stereocenters. The van der Waals surface area contributed by atoms with Gasteiger partial charge in [-0.25, -0.2) is 0 Å². The third kappa shape index (κ3) is 6.58. The molecule has 1 rings (SSSR count). The fourth-order valence-electron chi connectivity index (χ4n) is 1.38. The highest BCUT2D eigenvalue weighted by Crippen LogP contribution is 2.26. The average Bonchev–Trinajstić information content (AvgIpc) is 2.39. The summed E-state index contributed by atoms with van der Waals surface area (Å²) in [6.45, 7) is 10.1. The third-order valence-electron chi connectivity index (χ3n) is 2.37. The van der Waals surface area contributed by atoms with Gasteiger partial charge in [0.25, 0.3) is 0 Å². The molecule has 1 aliphatic carbocycles. The molecular weight excluding hydrogens is 206 g/mol. The highest BCUT2D eigenvalue weighted by Gasteiger charge is 2.13. The third-order valence-corrected chi connectivity index (χ3v) is 2.37. The van der Waals surface area contributed by atoms with Crippen LogP contribution >= 0.6 is 0 Å². The maximum atomic E-state index is 4.06. The van der Waals surface area contributed by atoms with Crippen LogP contribution in [0.4, 0.5) is 0 Å². The maximum Gasteiger partial charge on any atom is 0.0281 e. The quantitative estimate of drug-likeness (QED) is 0.472. The van der Waals surface area contributed by atoms with E-state index in [0.29, 0.717) is 0 Å². The zero-order chi connectivity index (χ0) is 13.3. The number of hydrogen-bond donors (Lipinski definition) is 0. The molecule has 0 aromatic rings. The Balaban J connectivity index is 0.000000557. The lowest BCUT2D eigenvalue weighted by Crippen LogP contribution is -2.03. The van der Waals surface area contributed by atoms with Gasteiger partial charge in [0.1, 0.15) is 0 Å². The van der Waals surface area contributed by atoms with Crippen molar-refractivity contribution in [1.82, 2.24) is 0 Å². The van der Waals surface area contributed by atoms with Crippen molar-refractivity contribution in [3.63, 3.8) is 0 Å². The molecule has 1 nitrogen and oxygen atoms in total. The van der Waals surface area contributed by atoms with Crippen LogP contribution in [-0.2, 0) is 0 Å². The second kappa shape index (κ2) is 7.68. The fraction of sp³-hybridized carbons (Fsp3) is 0.438. The van der Waals surface area contributed by atoms with Gasteiger partial charge in [0.05, 0.1) is 0 Å². The lowest BCUT2D eigenvalue weighted by atomic mass is 9.90. The van der Waals surface area contributed by atoms with E-state index in [-0.39, 0.29) is 5.41 Å². The smallest absolute Gasteiger partial charge is 0.0281 e. The van der Waals surface area contributed by atoms with Crippen LogP contribution in [0.5, 0.6) is 0 Å². The summed E-state index contributed by atoms with van der Waals surface area (Å²) < 4.78 is 0. The standard InChI is InChI=1S/C12H17N.C4H6/c1-10-6-5-7-12(2,3)8-11(10)9-13-4;1-3-4-2/h5-9H,1-4H3;1-2H3. The molecule has 0 saturated heterocycles. The van der Waals surface area contributed by atoms with Crippen LogP contribution in [0.15, 0.2) is 40.4 Å². The van der Waals surface area contributed by atoms with Crippen molar-refractivity contribution >= 4 is 6.21 Å². The van der Waals surface area contributed by atoms with Gasteiger partial charge in [-0.2, -0.15) is 0 Å². The number of aliphatic imine (C=N–C) groups is 1. The Kier molecular flexibility index (Phi) is 6.98. The van der Waals surface area contributed by atoms with E-state index in [1.54, 1.807) is 7.05 Å². The van der Waals surface area contributed by atoms with Gasteiger partial charge in [0, 0.05) is 18.7 Å². The van der Waals surface area contributed by atoms with Crippen LogP contribution < -0.4 is 0 Å². The molecule has 0 aromatic heterocycles. The van der Waals surface area contributed by atoms with E-state index >= 15 is 0 Å². The summed E-state index contributed by atoms with van der Waals surface area (Å²) in [4.78, 5) is 4.06. The van der Waals surface area contributed by atoms with Crippen LogP contribution in [-0.4, -0.2) is 13.3 Å². The van der Waals surface area contributed by atoms with E-state index < -0.39 is 0 Å². The summed E-state index contributed by atoms with van der Waals surface area (Å²) in [6.07, 6.45) is 10.6. The van der Waals surface area contributed by atoms with Crippen molar-refractivity contribution in [3.05, 3.63) is 35.5 Å². The van der Waals surface area contributed by atoms with Crippen LogP contribution in [0.3, 0.4) is 0 Å². The van der Waals surface area contributed by atoms with Gasteiger partial charge >= 0.3 is 0 Å². The van der Waals surface area contributed by atoms with Crippen molar-refractivity contribution in [2.24, 2.45) is 10.4 Å². The Hall–Kier alpha value is -1.55. The molecule has 0 radical (unpaired) electrons. The molecule has 1 heteroatoms. The first-order valence-corrected chi connectivity index (χ1v) is 5.82. The minimum absolute atomic E-state index is 0.130. The number of hydrogen-bond acceptors (Lipinski definition) is 1. The lowest BCUT2D eigenvalue weighted by molar-refractivity contribution is 0.625. The van der Waals surface area contributed by atoms with Crippen molar-refractivity contribution in [3.8, 4) is 11.8 Å². The molecule has 0 heterocycles. The topological polar surface area (TPSA) is 12.4 Å². The molecule has 0 N–H and O–H groups in total. The van der Waals surface area contributed by atoms with Crippen LogP contribution in [0.25, 0.3) is 0 Å². The monoisotopic (exact) mass is 229 g/mol. The highest BCUT2D eigenvalue weighted by molar-refractivity contribution is 5.84. The number of rotatable bonds is 1. The molecule has 0 aromatic carbocycles. The van der Waals surface area contributed by atoms with Gasteiger partial charge in [-0.1, -0.05) is 38.2 Å². The molecule has 0 saturated carbocycles. The summed E-state index contributed by atoms with van der Waals surface area (Å²) in [5.74, 6) is 5.36. The molecule has 0 aliphatic heterocycles. The first-order chi connectivity index (χ1) is 7.96. The highest BCUT2D eigenvalue weighted by atomic mass is 14.6. The zero-order valence-electron chi connectivity index (χ0n) is 11.8. The van der Waals surface area contributed by atoms with Gasteiger partial charge in [0.2, 0.25) is 0 Å². The fourth-order valence-corrected chi connectivity index (χ4v) is 1.38. The maximum absolute atomic E-state index is 4.06. The zero-order valence-corrected chi connectivity index (χ0v) is 11.8. The van der Waals surface area contributed by atoms with E-state index in [0.717, 1.165) is 0 Å². The van der Waals surface area contributed by atoms with E-state index in [9.17, 15) is 0 Å². The summed E-state index contributed by atoms with van der Waals surface area (Å²) in [7, 11) is 1.80. The van der Waals surface area contributed by atoms with E-state index in [1.165, 1.54) is 11.1 Å². The molecule has 0 bridgehead atoms. The van der Waals surface area contributed by atoms with Crippen LogP contribution in [0.2, 0.25) is 0 Å². The molecule has 0 atom stereocenters. The van der Waals surface area contributed by atoms with E-state index in [1.807, 2.05) is 20.1 Å². The Bertz CT molecular complexity index is 401. The summed E-state index contributed by atoms with van der Waals surface area (Å²) >= 11 is 0.